The van der Waals surface area contributed by atoms with Crippen LogP contribution in [0.2, 0.25) is 0 Å². The smallest absolute Gasteiger partial charge is 0.306 e. The SMILES string of the molecule is CC/C=C\C/C=C\C/C=C\C/C=C\C/C=C\C/C=C\C/C=C\C/C=C\CCCCC(=O)OCC(COC(=O)CCCCCCC/C=C\CCC)OC(=O)CCCCCCCC/C=C\C/C=C\C/C=C\CCCCC. The molecule has 0 radical (unpaired) electrons. The van der Waals surface area contributed by atoms with Gasteiger partial charge in [-0.3, -0.25) is 14.4 Å². The molecule has 0 heterocycles. The molecule has 0 saturated heterocycles. The summed E-state index contributed by atoms with van der Waals surface area (Å²) in [5.41, 5.74) is 0. The lowest BCUT2D eigenvalue weighted by Gasteiger charge is -2.18. The second-order valence-electron chi connectivity index (χ2n) is 19.2. The zero-order valence-corrected chi connectivity index (χ0v) is 47.5. The van der Waals surface area contributed by atoms with E-state index in [-0.39, 0.29) is 31.1 Å². The maximum atomic E-state index is 12.9. The molecule has 0 spiro atoms. The Balaban J connectivity index is 4.43. The summed E-state index contributed by atoms with van der Waals surface area (Å²) >= 11 is 0. The number of hydrogen-bond donors (Lipinski definition) is 0. The summed E-state index contributed by atoms with van der Waals surface area (Å²) in [4.78, 5) is 38.1. The Kier molecular flexibility index (Phi) is 57.0. The van der Waals surface area contributed by atoms with Gasteiger partial charge in [-0.05, 0) is 141 Å². The van der Waals surface area contributed by atoms with Crippen LogP contribution in [0, 0.1) is 0 Å². The zero-order valence-electron chi connectivity index (χ0n) is 47.5. The fourth-order valence-corrected chi connectivity index (χ4v) is 7.58. The van der Waals surface area contributed by atoms with E-state index in [4.69, 9.17) is 14.2 Å². The molecule has 6 heteroatoms. The molecule has 1 atom stereocenters. The quantitative estimate of drug-likeness (QED) is 0.0261. The van der Waals surface area contributed by atoms with Gasteiger partial charge in [-0.15, -0.1) is 0 Å². The van der Waals surface area contributed by atoms with Gasteiger partial charge in [-0.25, -0.2) is 0 Å². The molecule has 0 aromatic rings. The molecule has 0 bridgehead atoms. The van der Waals surface area contributed by atoms with Crippen molar-refractivity contribution in [2.75, 3.05) is 13.2 Å². The van der Waals surface area contributed by atoms with Crippen molar-refractivity contribution in [3.05, 3.63) is 146 Å². The molecule has 416 valence electrons. The van der Waals surface area contributed by atoms with E-state index in [0.717, 1.165) is 148 Å². The highest BCUT2D eigenvalue weighted by molar-refractivity contribution is 5.71. The summed E-state index contributed by atoms with van der Waals surface area (Å²) in [5.74, 6) is -0.982. The van der Waals surface area contributed by atoms with Crippen LogP contribution in [0.4, 0.5) is 0 Å². The van der Waals surface area contributed by atoms with Gasteiger partial charge in [0.2, 0.25) is 0 Å². The Morgan fingerprint density at radius 2 is 0.554 bits per heavy atom. The minimum Gasteiger partial charge on any atom is -0.462 e. The maximum absolute atomic E-state index is 12.9. The Morgan fingerprint density at radius 3 is 0.919 bits per heavy atom. The third-order valence-corrected chi connectivity index (χ3v) is 12.0. The molecule has 0 rings (SSSR count). The standard InChI is InChI=1S/C68H108O6/c1-4-7-10-13-16-19-22-24-26-28-30-31-32-33-34-35-36-37-39-40-42-44-46-49-52-55-58-61-67(70)73-64-65(63-72-66(69)60-57-54-51-48-21-18-15-12-9-6-3)74-68(71)62-59-56-53-50-47-45-43-41-38-29-27-25-23-20-17-14-11-8-5-2/h7,10,12,15-17,19-20,24-27,30-31,33-34,36-38,40-42,46,49,65H,4-6,8-9,11,13-14,18,21-23,28-29,32,35,39,43-45,47-48,50-64H2,1-3H3/b10-7-,15-12-,19-16-,20-17-,26-24-,27-25-,31-30-,34-33-,37-36-,41-38-,42-40-,49-46-. The highest BCUT2D eigenvalue weighted by Gasteiger charge is 2.19. The molecule has 0 amide bonds. The first kappa shape index (κ1) is 69.3. The van der Waals surface area contributed by atoms with E-state index in [1.54, 1.807) is 0 Å². The van der Waals surface area contributed by atoms with Crippen LogP contribution in [0.1, 0.15) is 245 Å². The number of allylic oxidation sites excluding steroid dienone is 24. The van der Waals surface area contributed by atoms with Crippen molar-refractivity contribution in [2.45, 2.75) is 252 Å². The fraction of sp³-hybridized carbons (Fsp3) is 0.603. The van der Waals surface area contributed by atoms with E-state index in [1.165, 1.54) is 51.4 Å². The van der Waals surface area contributed by atoms with Crippen molar-refractivity contribution in [3.8, 4) is 0 Å². The average molecular weight is 1020 g/mol. The van der Waals surface area contributed by atoms with E-state index in [2.05, 4.69) is 167 Å². The monoisotopic (exact) mass is 1020 g/mol. The van der Waals surface area contributed by atoms with Crippen molar-refractivity contribution in [2.24, 2.45) is 0 Å². The zero-order chi connectivity index (χ0) is 53.6. The molecule has 6 nitrogen and oxygen atoms in total. The van der Waals surface area contributed by atoms with Crippen LogP contribution in [-0.2, 0) is 28.6 Å². The van der Waals surface area contributed by atoms with Crippen LogP contribution >= 0.6 is 0 Å². The summed E-state index contributed by atoms with van der Waals surface area (Å²) in [6.45, 7) is 6.37. The first-order valence-electron chi connectivity index (χ1n) is 29.8. The molecular weight excluding hydrogens is 913 g/mol. The number of carbonyl (C=O) groups excluding carboxylic acids is 3. The van der Waals surface area contributed by atoms with Crippen LogP contribution in [0.5, 0.6) is 0 Å². The van der Waals surface area contributed by atoms with Gasteiger partial charge in [-0.2, -0.15) is 0 Å². The molecule has 0 aliphatic heterocycles. The summed E-state index contributed by atoms with van der Waals surface area (Å²) < 4.78 is 16.8. The second-order valence-corrected chi connectivity index (χ2v) is 19.2. The van der Waals surface area contributed by atoms with Gasteiger partial charge < -0.3 is 14.2 Å². The lowest BCUT2D eigenvalue weighted by molar-refractivity contribution is -0.167. The summed E-state index contributed by atoms with van der Waals surface area (Å²) in [7, 11) is 0. The number of rotatable bonds is 52. The Labute approximate surface area is 455 Å². The molecule has 0 saturated carbocycles. The van der Waals surface area contributed by atoms with Gasteiger partial charge >= 0.3 is 17.9 Å². The van der Waals surface area contributed by atoms with Gasteiger partial charge in [0.1, 0.15) is 13.2 Å². The molecule has 0 N–H and O–H groups in total. The molecule has 0 aromatic heterocycles. The van der Waals surface area contributed by atoms with Crippen LogP contribution in [0.25, 0.3) is 0 Å². The van der Waals surface area contributed by atoms with Crippen molar-refractivity contribution >= 4 is 17.9 Å². The topological polar surface area (TPSA) is 78.9 Å². The van der Waals surface area contributed by atoms with Crippen molar-refractivity contribution in [1.29, 1.82) is 0 Å². The number of unbranched alkanes of at least 4 members (excludes halogenated alkanes) is 17. The lowest BCUT2D eigenvalue weighted by Crippen LogP contribution is -2.30. The molecule has 74 heavy (non-hydrogen) atoms. The van der Waals surface area contributed by atoms with E-state index >= 15 is 0 Å². The number of esters is 3. The lowest BCUT2D eigenvalue weighted by atomic mass is 10.1. The van der Waals surface area contributed by atoms with Crippen molar-refractivity contribution in [1.82, 2.24) is 0 Å². The number of ether oxygens (including phenoxy) is 3. The average Bonchev–Trinajstić information content (AvgIpc) is 3.40. The van der Waals surface area contributed by atoms with Crippen LogP contribution < -0.4 is 0 Å². The Bertz CT molecular complexity index is 1640. The molecule has 0 aliphatic carbocycles. The predicted molar refractivity (Wildman–Crippen MR) is 320 cm³/mol. The highest BCUT2D eigenvalue weighted by atomic mass is 16.6. The predicted octanol–water partition coefficient (Wildman–Crippen LogP) is 20.4. The summed E-state index contributed by atoms with van der Waals surface area (Å²) in [6, 6.07) is 0. The largest absolute Gasteiger partial charge is 0.462 e. The van der Waals surface area contributed by atoms with E-state index < -0.39 is 6.10 Å². The second kappa shape index (κ2) is 60.8. The minimum absolute atomic E-state index is 0.107. The van der Waals surface area contributed by atoms with Crippen LogP contribution in [0.3, 0.4) is 0 Å². The number of carbonyl (C=O) groups is 3. The van der Waals surface area contributed by atoms with E-state index in [9.17, 15) is 14.4 Å². The summed E-state index contributed by atoms with van der Waals surface area (Å²) in [5, 5.41) is 0. The van der Waals surface area contributed by atoms with E-state index in [1.807, 2.05) is 0 Å². The van der Waals surface area contributed by atoms with Crippen molar-refractivity contribution < 1.29 is 28.6 Å². The van der Waals surface area contributed by atoms with Crippen molar-refractivity contribution in [3.63, 3.8) is 0 Å². The molecule has 0 aliphatic rings. The first-order valence-corrected chi connectivity index (χ1v) is 29.8. The van der Waals surface area contributed by atoms with Gasteiger partial charge in [0, 0.05) is 19.3 Å². The summed E-state index contributed by atoms with van der Waals surface area (Å²) in [6.07, 6.45) is 87.0. The van der Waals surface area contributed by atoms with Crippen LogP contribution in [-0.4, -0.2) is 37.2 Å². The highest BCUT2D eigenvalue weighted by Crippen LogP contribution is 2.13. The van der Waals surface area contributed by atoms with Gasteiger partial charge in [-0.1, -0.05) is 231 Å². The Hall–Kier alpha value is -4.71. The minimum atomic E-state index is -0.813. The third-order valence-electron chi connectivity index (χ3n) is 12.0. The fourth-order valence-electron chi connectivity index (χ4n) is 7.58. The third kappa shape index (κ3) is 58.2. The normalized spacial score (nSPS) is 13.2. The number of hydrogen-bond acceptors (Lipinski definition) is 6. The van der Waals surface area contributed by atoms with E-state index in [0.29, 0.717) is 25.7 Å². The molecule has 0 aromatic carbocycles. The Morgan fingerprint density at radius 1 is 0.284 bits per heavy atom. The van der Waals surface area contributed by atoms with Gasteiger partial charge in [0.15, 0.2) is 6.10 Å². The van der Waals surface area contributed by atoms with Gasteiger partial charge in [0.25, 0.3) is 0 Å². The maximum Gasteiger partial charge on any atom is 0.306 e. The first-order chi connectivity index (χ1) is 36.5. The molecular formula is C68H108O6. The molecule has 1 unspecified atom stereocenters. The van der Waals surface area contributed by atoms with Gasteiger partial charge in [0.05, 0.1) is 0 Å². The van der Waals surface area contributed by atoms with Crippen LogP contribution in [0.15, 0.2) is 146 Å². The molecule has 0 fully saturated rings.